The summed E-state index contributed by atoms with van der Waals surface area (Å²) in [6.45, 7) is 5.98. The van der Waals surface area contributed by atoms with Crippen molar-refractivity contribution in [3.05, 3.63) is 29.3 Å². The summed E-state index contributed by atoms with van der Waals surface area (Å²) < 4.78 is 27.4. The number of rotatable bonds is 4. The molecule has 6 nitrogen and oxygen atoms in total. The second-order valence-corrected chi connectivity index (χ2v) is 8.14. The quantitative estimate of drug-likeness (QED) is 0.854. The largest absolute Gasteiger partial charge is 0.333 e. The summed E-state index contributed by atoms with van der Waals surface area (Å²) in [5.74, 6) is -0.0972. The zero-order chi connectivity index (χ0) is 16.6. The molecule has 1 aromatic carbocycles. The molecule has 1 aliphatic carbocycles. The number of aryl methyl sites for hydroxylation is 1. The summed E-state index contributed by atoms with van der Waals surface area (Å²) in [6.07, 6.45) is 1.77. The van der Waals surface area contributed by atoms with Gasteiger partial charge in [0.15, 0.2) is 0 Å². The molecule has 1 atom stereocenters. The van der Waals surface area contributed by atoms with Crippen molar-refractivity contribution in [3.8, 4) is 0 Å². The number of hydrogen-bond donors (Lipinski definition) is 2. The molecule has 1 saturated heterocycles. The number of hydrogen-bond acceptors (Lipinski definition) is 4. The molecule has 1 heterocycles. The molecule has 7 heteroatoms. The summed E-state index contributed by atoms with van der Waals surface area (Å²) in [6, 6.07) is 4.94. The van der Waals surface area contributed by atoms with E-state index in [0.717, 1.165) is 31.5 Å². The molecule has 0 aromatic heterocycles. The van der Waals surface area contributed by atoms with E-state index in [0.29, 0.717) is 12.1 Å². The highest BCUT2D eigenvalue weighted by Crippen LogP contribution is 2.24. The van der Waals surface area contributed by atoms with Crippen LogP contribution in [0.1, 0.15) is 35.7 Å². The smallest absolute Gasteiger partial charge is 0.254 e. The van der Waals surface area contributed by atoms with Gasteiger partial charge < -0.3 is 10.2 Å². The number of amides is 1. The van der Waals surface area contributed by atoms with Crippen molar-refractivity contribution in [1.82, 2.24) is 14.9 Å². The van der Waals surface area contributed by atoms with Crippen molar-refractivity contribution in [2.45, 2.75) is 43.7 Å². The van der Waals surface area contributed by atoms with E-state index in [2.05, 4.69) is 10.0 Å². The molecule has 2 aliphatic rings. The molecule has 2 N–H and O–H groups in total. The Morgan fingerprint density at radius 1 is 1.35 bits per heavy atom. The van der Waals surface area contributed by atoms with Crippen molar-refractivity contribution in [2.24, 2.45) is 0 Å². The maximum atomic E-state index is 12.8. The van der Waals surface area contributed by atoms with Gasteiger partial charge in [0.05, 0.1) is 4.90 Å². The minimum Gasteiger partial charge on any atom is -0.333 e. The summed E-state index contributed by atoms with van der Waals surface area (Å²) in [5, 5.41) is 3.25. The lowest BCUT2D eigenvalue weighted by atomic mass is 10.1. The van der Waals surface area contributed by atoms with Crippen molar-refractivity contribution in [2.75, 3.05) is 19.6 Å². The Hall–Kier alpha value is -1.44. The van der Waals surface area contributed by atoms with Crippen LogP contribution in [0, 0.1) is 6.92 Å². The fourth-order valence-electron chi connectivity index (χ4n) is 2.78. The summed E-state index contributed by atoms with van der Waals surface area (Å²) in [4.78, 5) is 14.8. The topological polar surface area (TPSA) is 78.5 Å². The average Bonchev–Trinajstić information content (AvgIpc) is 3.30. The Labute approximate surface area is 137 Å². The van der Waals surface area contributed by atoms with Crippen molar-refractivity contribution in [1.29, 1.82) is 0 Å². The molecule has 126 valence electrons. The highest BCUT2D eigenvalue weighted by molar-refractivity contribution is 7.89. The van der Waals surface area contributed by atoms with Gasteiger partial charge in [-0.3, -0.25) is 4.79 Å². The average molecular weight is 337 g/mol. The molecule has 1 amide bonds. The van der Waals surface area contributed by atoms with E-state index in [1.165, 1.54) is 6.07 Å². The van der Waals surface area contributed by atoms with Crippen LogP contribution < -0.4 is 10.0 Å². The number of nitrogens with zero attached hydrogens (tertiary/aromatic N) is 1. The second kappa shape index (κ2) is 6.22. The number of benzene rings is 1. The molecule has 1 aromatic rings. The molecule has 0 spiro atoms. The van der Waals surface area contributed by atoms with Gasteiger partial charge in [-0.2, -0.15) is 0 Å². The zero-order valence-corrected chi connectivity index (χ0v) is 14.3. The van der Waals surface area contributed by atoms with E-state index >= 15 is 0 Å². The Balaban J connectivity index is 1.89. The normalized spacial score (nSPS) is 22.2. The number of carbonyl (C=O) groups is 1. The first kappa shape index (κ1) is 16.4. The number of carbonyl (C=O) groups excluding carboxylic acids is 1. The lowest BCUT2D eigenvalue weighted by Gasteiger charge is -2.34. The number of nitrogens with one attached hydrogen (secondary N) is 2. The van der Waals surface area contributed by atoms with Gasteiger partial charge in [-0.25, -0.2) is 13.1 Å². The molecule has 2 fully saturated rings. The molecular formula is C16H23N3O3S. The van der Waals surface area contributed by atoms with Gasteiger partial charge in [0.25, 0.3) is 5.91 Å². The second-order valence-electron chi connectivity index (χ2n) is 6.42. The molecule has 0 radical (unpaired) electrons. The van der Waals surface area contributed by atoms with Gasteiger partial charge in [0.2, 0.25) is 10.0 Å². The zero-order valence-electron chi connectivity index (χ0n) is 13.5. The first-order chi connectivity index (χ1) is 10.9. The predicted octanol–water partition coefficient (Wildman–Crippen LogP) is 0.870. The van der Waals surface area contributed by atoms with Crippen molar-refractivity contribution in [3.63, 3.8) is 0 Å². The summed E-state index contributed by atoms with van der Waals surface area (Å²) in [5.41, 5.74) is 1.27. The molecule has 0 bridgehead atoms. The van der Waals surface area contributed by atoms with E-state index in [1.54, 1.807) is 12.1 Å². The molecular weight excluding hydrogens is 314 g/mol. The van der Waals surface area contributed by atoms with Crippen LogP contribution in [0.5, 0.6) is 0 Å². The van der Waals surface area contributed by atoms with Crippen LogP contribution in [-0.4, -0.2) is 50.9 Å². The standard InChI is InChI=1S/C16H23N3O3S/c1-11-3-6-14(23(21,22)18-13-4-5-13)9-15(11)16(20)19-8-7-17-10-12(19)2/h3,6,9,12-13,17-18H,4-5,7-8,10H2,1-2H3/t12-/m0/s1. The van der Waals surface area contributed by atoms with Gasteiger partial charge in [-0.15, -0.1) is 0 Å². The third-order valence-electron chi connectivity index (χ3n) is 4.41. The number of sulfonamides is 1. The van der Waals surface area contributed by atoms with Crippen molar-refractivity contribution >= 4 is 15.9 Å². The van der Waals surface area contributed by atoms with E-state index < -0.39 is 10.0 Å². The third kappa shape index (κ3) is 3.57. The lowest BCUT2D eigenvalue weighted by molar-refractivity contribution is 0.0654. The molecule has 1 aliphatic heterocycles. The fraction of sp³-hybridized carbons (Fsp3) is 0.562. The van der Waals surface area contributed by atoms with Gasteiger partial charge in [-0.1, -0.05) is 6.07 Å². The van der Waals surface area contributed by atoms with Gasteiger partial charge in [0, 0.05) is 37.3 Å². The Kier molecular flexibility index (Phi) is 4.44. The number of piperazine rings is 1. The van der Waals surface area contributed by atoms with E-state index in [9.17, 15) is 13.2 Å². The third-order valence-corrected chi connectivity index (χ3v) is 5.93. The summed E-state index contributed by atoms with van der Waals surface area (Å²) in [7, 11) is -3.55. The minimum atomic E-state index is -3.55. The van der Waals surface area contributed by atoms with E-state index in [4.69, 9.17) is 0 Å². The monoisotopic (exact) mass is 337 g/mol. The Morgan fingerprint density at radius 3 is 2.74 bits per heavy atom. The van der Waals surface area contributed by atoms with E-state index in [1.807, 2.05) is 18.7 Å². The first-order valence-electron chi connectivity index (χ1n) is 8.03. The maximum absolute atomic E-state index is 12.8. The maximum Gasteiger partial charge on any atom is 0.254 e. The van der Waals surface area contributed by atoms with Crippen LogP contribution in [0.2, 0.25) is 0 Å². The van der Waals surface area contributed by atoms with Gasteiger partial charge >= 0.3 is 0 Å². The van der Waals surface area contributed by atoms with Gasteiger partial charge in [-0.05, 0) is 44.4 Å². The minimum absolute atomic E-state index is 0.0497. The fourth-order valence-corrected chi connectivity index (χ4v) is 4.12. The predicted molar refractivity (Wildman–Crippen MR) is 87.9 cm³/mol. The molecule has 3 rings (SSSR count). The van der Waals surface area contributed by atoms with E-state index in [-0.39, 0.29) is 22.9 Å². The van der Waals surface area contributed by atoms with Crippen molar-refractivity contribution < 1.29 is 13.2 Å². The van der Waals surface area contributed by atoms with Crippen LogP contribution in [0.15, 0.2) is 23.1 Å². The van der Waals surface area contributed by atoms with Crippen LogP contribution in [0.3, 0.4) is 0 Å². The molecule has 23 heavy (non-hydrogen) atoms. The molecule has 0 unspecified atom stereocenters. The highest BCUT2D eigenvalue weighted by atomic mass is 32.2. The Bertz CT molecular complexity index is 713. The first-order valence-corrected chi connectivity index (χ1v) is 9.51. The highest BCUT2D eigenvalue weighted by Gasteiger charge is 2.30. The lowest BCUT2D eigenvalue weighted by Crippen LogP contribution is -2.52. The van der Waals surface area contributed by atoms with Crippen LogP contribution in [0.25, 0.3) is 0 Å². The van der Waals surface area contributed by atoms with Crippen LogP contribution in [0.4, 0.5) is 0 Å². The SMILES string of the molecule is Cc1ccc(S(=O)(=O)NC2CC2)cc1C(=O)N1CCNC[C@@H]1C. The summed E-state index contributed by atoms with van der Waals surface area (Å²) >= 11 is 0. The van der Waals surface area contributed by atoms with Crippen LogP contribution >= 0.6 is 0 Å². The Morgan fingerprint density at radius 2 is 2.09 bits per heavy atom. The molecule has 1 saturated carbocycles. The van der Waals surface area contributed by atoms with Gasteiger partial charge in [0.1, 0.15) is 0 Å². The van der Waals surface area contributed by atoms with Crippen LogP contribution in [-0.2, 0) is 10.0 Å².